The zero-order valence-corrected chi connectivity index (χ0v) is 7.82. The molecule has 0 amide bonds. The number of carbonyl (C=O) groups is 1. The molecule has 0 aromatic carbocycles. The molecule has 1 heterocycles. The highest BCUT2D eigenvalue weighted by atomic mass is 16.3. The second-order valence-corrected chi connectivity index (χ2v) is 3.39. The van der Waals surface area contributed by atoms with Gasteiger partial charge in [0.15, 0.2) is 0 Å². The molecule has 1 atom stereocenters. The SMILES string of the molecule is CC(CN)CC(=O)Cc1ccoc1. The molecule has 0 aliphatic heterocycles. The molecule has 72 valence electrons. The lowest BCUT2D eigenvalue weighted by atomic mass is 10.0. The van der Waals surface area contributed by atoms with Gasteiger partial charge in [-0.05, 0) is 24.1 Å². The largest absolute Gasteiger partial charge is 0.472 e. The first-order valence-corrected chi connectivity index (χ1v) is 4.45. The summed E-state index contributed by atoms with van der Waals surface area (Å²) >= 11 is 0. The molecule has 0 saturated heterocycles. The lowest BCUT2D eigenvalue weighted by molar-refractivity contribution is -0.119. The van der Waals surface area contributed by atoms with Crippen LogP contribution in [-0.2, 0) is 11.2 Å². The first kappa shape index (κ1) is 9.99. The number of ketones is 1. The Balaban J connectivity index is 2.34. The van der Waals surface area contributed by atoms with Crippen LogP contribution >= 0.6 is 0 Å². The summed E-state index contributed by atoms with van der Waals surface area (Å²) in [5.41, 5.74) is 6.36. The molecule has 3 nitrogen and oxygen atoms in total. The lowest BCUT2D eigenvalue weighted by Crippen LogP contribution is -2.16. The highest BCUT2D eigenvalue weighted by Crippen LogP contribution is 2.06. The third-order valence-electron chi connectivity index (χ3n) is 1.96. The Morgan fingerprint density at radius 3 is 3.00 bits per heavy atom. The standard InChI is InChI=1S/C10H15NO2/c1-8(6-11)4-10(12)5-9-2-3-13-7-9/h2-3,7-8H,4-6,11H2,1H3. The highest BCUT2D eigenvalue weighted by molar-refractivity contribution is 5.80. The first-order chi connectivity index (χ1) is 6.22. The molecule has 1 aromatic rings. The van der Waals surface area contributed by atoms with Crippen molar-refractivity contribution in [2.24, 2.45) is 11.7 Å². The van der Waals surface area contributed by atoms with E-state index in [9.17, 15) is 4.79 Å². The summed E-state index contributed by atoms with van der Waals surface area (Å²) < 4.78 is 4.87. The molecule has 0 aliphatic rings. The van der Waals surface area contributed by atoms with Gasteiger partial charge in [-0.25, -0.2) is 0 Å². The maximum Gasteiger partial charge on any atom is 0.137 e. The van der Waals surface area contributed by atoms with Gasteiger partial charge in [0.05, 0.1) is 12.5 Å². The van der Waals surface area contributed by atoms with E-state index in [0.29, 0.717) is 19.4 Å². The fourth-order valence-corrected chi connectivity index (χ4v) is 1.17. The van der Waals surface area contributed by atoms with Crippen molar-refractivity contribution in [3.05, 3.63) is 24.2 Å². The summed E-state index contributed by atoms with van der Waals surface area (Å²) in [6.07, 6.45) is 4.20. The van der Waals surface area contributed by atoms with Gasteiger partial charge in [0, 0.05) is 12.8 Å². The summed E-state index contributed by atoms with van der Waals surface area (Å²) in [7, 11) is 0. The Kier molecular flexibility index (Phi) is 3.71. The minimum Gasteiger partial charge on any atom is -0.472 e. The quantitative estimate of drug-likeness (QED) is 0.746. The number of rotatable bonds is 5. The van der Waals surface area contributed by atoms with E-state index in [2.05, 4.69) is 0 Å². The zero-order chi connectivity index (χ0) is 9.68. The van der Waals surface area contributed by atoms with E-state index in [-0.39, 0.29) is 11.7 Å². The van der Waals surface area contributed by atoms with Gasteiger partial charge in [0.2, 0.25) is 0 Å². The normalized spacial score (nSPS) is 12.8. The third kappa shape index (κ3) is 3.42. The van der Waals surface area contributed by atoms with Crippen molar-refractivity contribution in [2.75, 3.05) is 6.54 Å². The fraction of sp³-hybridized carbons (Fsp3) is 0.500. The van der Waals surface area contributed by atoms with Crippen molar-refractivity contribution in [3.63, 3.8) is 0 Å². The highest BCUT2D eigenvalue weighted by Gasteiger charge is 2.08. The fourth-order valence-electron chi connectivity index (χ4n) is 1.17. The minimum absolute atomic E-state index is 0.222. The van der Waals surface area contributed by atoms with Crippen LogP contribution in [0.15, 0.2) is 23.0 Å². The molecule has 1 unspecified atom stereocenters. The molecule has 2 N–H and O–H groups in total. The monoisotopic (exact) mass is 181 g/mol. The predicted octanol–water partition coefficient (Wildman–Crippen LogP) is 1.38. The number of nitrogens with two attached hydrogens (primary N) is 1. The minimum atomic E-state index is 0.222. The van der Waals surface area contributed by atoms with E-state index < -0.39 is 0 Å². The molecule has 0 spiro atoms. The van der Waals surface area contributed by atoms with Crippen LogP contribution in [0.2, 0.25) is 0 Å². The molecule has 0 aliphatic carbocycles. The zero-order valence-electron chi connectivity index (χ0n) is 7.82. The maximum atomic E-state index is 11.4. The van der Waals surface area contributed by atoms with Crippen molar-refractivity contribution in [1.29, 1.82) is 0 Å². The second kappa shape index (κ2) is 4.82. The van der Waals surface area contributed by atoms with E-state index in [1.807, 2.05) is 13.0 Å². The van der Waals surface area contributed by atoms with Crippen LogP contribution in [0.25, 0.3) is 0 Å². The van der Waals surface area contributed by atoms with Crippen LogP contribution in [0.1, 0.15) is 18.9 Å². The van der Waals surface area contributed by atoms with Gasteiger partial charge in [-0.3, -0.25) is 4.79 Å². The molecular weight excluding hydrogens is 166 g/mol. The van der Waals surface area contributed by atoms with Gasteiger partial charge >= 0.3 is 0 Å². The van der Waals surface area contributed by atoms with Gasteiger partial charge in [0.1, 0.15) is 5.78 Å². The average Bonchev–Trinajstić information content (AvgIpc) is 2.56. The molecule has 3 heteroatoms. The van der Waals surface area contributed by atoms with Crippen LogP contribution in [0, 0.1) is 5.92 Å². The topological polar surface area (TPSA) is 56.2 Å². The van der Waals surface area contributed by atoms with Crippen molar-refractivity contribution >= 4 is 5.78 Å². The molecule has 0 radical (unpaired) electrons. The van der Waals surface area contributed by atoms with E-state index in [1.54, 1.807) is 12.5 Å². The summed E-state index contributed by atoms with van der Waals surface area (Å²) in [6, 6.07) is 1.81. The Bertz CT molecular complexity index is 254. The molecular formula is C10H15NO2. The van der Waals surface area contributed by atoms with Crippen LogP contribution in [0.5, 0.6) is 0 Å². The smallest absolute Gasteiger partial charge is 0.137 e. The van der Waals surface area contributed by atoms with Gasteiger partial charge in [0.25, 0.3) is 0 Å². The van der Waals surface area contributed by atoms with Crippen LogP contribution < -0.4 is 5.73 Å². The Hall–Kier alpha value is -1.09. The molecule has 1 rings (SSSR count). The number of hydrogen-bond acceptors (Lipinski definition) is 3. The van der Waals surface area contributed by atoms with Crippen molar-refractivity contribution in [1.82, 2.24) is 0 Å². The summed E-state index contributed by atoms with van der Waals surface area (Å²) in [4.78, 5) is 11.4. The maximum absolute atomic E-state index is 11.4. The molecule has 13 heavy (non-hydrogen) atoms. The molecule has 1 aromatic heterocycles. The molecule has 0 bridgehead atoms. The van der Waals surface area contributed by atoms with E-state index >= 15 is 0 Å². The molecule has 0 saturated carbocycles. The van der Waals surface area contributed by atoms with Crippen molar-refractivity contribution in [3.8, 4) is 0 Å². The number of hydrogen-bond donors (Lipinski definition) is 1. The Morgan fingerprint density at radius 2 is 2.46 bits per heavy atom. The van der Waals surface area contributed by atoms with Crippen LogP contribution in [-0.4, -0.2) is 12.3 Å². The number of furan rings is 1. The first-order valence-electron chi connectivity index (χ1n) is 4.45. The van der Waals surface area contributed by atoms with Crippen molar-refractivity contribution < 1.29 is 9.21 Å². The van der Waals surface area contributed by atoms with Crippen LogP contribution in [0.4, 0.5) is 0 Å². The van der Waals surface area contributed by atoms with Gasteiger partial charge in [-0.2, -0.15) is 0 Å². The Morgan fingerprint density at radius 1 is 1.69 bits per heavy atom. The van der Waals surface area contributed by atoms with Crippen molar-refractivity contribution in [2.45, 2.75) is 19.8 Å². The number of Topliss-reactive ketones (excluding diaryl/α,β-unsaturated/α-hetero) is 1. The summed E-state index contributed by atoms with van der Waals surface area (Å²) in [5.74, 6) is 0.499. The molecule has 0 fully saturated rings. The average molecular weight is 181 g/mol. The summed E-state index contributed by atoms with van der Waals surface area (Å²) in [5, 5.41) is 0. The van der Waals surface area contributed by atoms with E-state index in [0.717, 1.165) is 5.56 Å². The third-order valence-corrected chi connectivity index (χ3v) is 1.96. The van der Waals surface area contributed by atoms with Crippen LogP contribution in [0.3, 0.4) is 0 Å². The Labute approximate surface area is 77.9 Å². The van der Waals surface area contributed by atoms with Gasteiger partial charge in [-0.15, -0.1) is 0 Å². The second-order valence-electron chi connectivity index (χ2n) is 3.39. The number of carbonyl (C=O) groups excluding carboxylic acids is 1. The lowest BCUT2D eigenvalue weighted by Gasteiger charge is -2.05. The van der Waals surface area contributed by atoms with E-state index in [1.165, 1.54) is 0 Å². The van der Waals surface area contributed by atoms with Gasteiger partial charge in [-0.1, -0.05) is 6.92 Å². The summed E-state index contributed by atoms with van der Waals surface area (Å²) in [6.45, 7) is 2.55. The van der Waals surface area contributed by atoms with E-state index in [4.69, 9.17) is 10.2 Å². The predicted molar refractivity (Wildman–Crippen MR) is 50.3 cm³/mol. The van der Waals surface area contributed by atoms with Gasteiger partial charge < -0.3 is 10.2 Å².